The van der Waals surface area contributed by atoms with Gasteiger partial charge < -0.3 is 15.0 Å². The molecule has 1 N–H and O–H groups in total. The van der Waals surface area contributed by atoms with E-state index in [4.69, 9.17) is 0 Å². The molecule has 8 nitrogen and oxygen atoms in total. The molecule has 1 aliphatic heterocycles. The predicted octanol–water partition coefficient (Wildman–Crippen LogP) is 8.48. The zero-order chi connectivity index (χ0) is 32.4. The van der Waals surface area contributed by atoms with Crippen LogP contribution >= 0.6 is 11.8 Å². The fraction of sp³-hybridized carbons (Fsp3) is 0.294. The first-order valence-electron chi connectivity index (χ1n) is 15.1. The minimum absolute atomic E-state index is 0.307. The number of aromatic nitrogens is 3. The highest BCUT2D eigenvalue weighted by Gasteiger charge is 2.31. The number of nitrogens with one attached hydrogen (secondary N) is 1. The molecular weight excluding hydrogens is 613 g/mol. The fourth-order valence-electron chi connectivity index (χ4n) is 5.95. The fourth-order valence-corrected chi connectivity index (χ4v) is 6.90. The monoisotopic (exact) mass is 646 g/mol. The second-order valence-electron chi connectivity index (χ2n) is 11.4. The Morgan fingerprint density at radius 1 is 1.02 bits per heavy atom. The number of carbonyl (C=O) groups is 1. The number of amidine groups is 1. The average Bonchev–Trinajstić information content (AvgIpc) is 3.78. The maximum Gasteiger partial charge on any atom is 0.573 e. The second-order valence-corrected chi connectivity index (χ2v) is 12.5. The normalized spacial score (nSPS) is 16.2. The van der Waals surface area contributed by atoms with Crippen LogP contribution in [-0.4, -0.2) is 44.6 Å². The van der Waals surface area contributed by atoms with Crippen molar-refractivity contribution in [1.29, 1.82) is 0 Å². The Balaban J connectivity index is 1.15. The second kappa shape index (κ2) is 13.0. The quantitative estimate of drug-likeness (QED) is 0.217. The lowest BCUT2D eigenvalue weighted by atomic mass is 9.95. The standard InChI is InChI=1S/C34H33F3N6O2S/c1-21(2)30-22(3)6-4-9-29(30)42-18-19-46-33(42)40-32(44)39-28-8-5-7-27(28)23-10-12-24(13-11-23)31-38-20-43(41-31)25-14-16-26(17-15-25)45-34(35,36)37/h4,6,9-17,20-21H,5,7-8,18-19H2,1-3H3,(H,39,44). The van der Waals surface area contributed by atoms with Crippen molar-refractivity contribution in [2.45, 2.75) is 52.3 Å². The highest BCUT2D eigenvalue weighted by Crippen LogP contribution is 2.36. The average molecular weight is 647 g/mol. The molecule has 1 aliphatic carbocycles. The summed E-state index contributed by atoms with van der Waals surface area (Å²) in [5, 5.41) is 8.27. The zero-order valence-electron chi connectivity index (χ0n) is 25.6. The Labute approximate surface area is 269 Å². The van der Waals surface area contributed by atoms with Crippen LogP contribution in [0.4, 0.5) is 23.7 Å². The van der Waals surface area contributed by atoms with Gasteiger partial charge in [-0.2, -0.15) is 4.99 Å². The minimum atomic E-state index is -4.75. The molecule has 1 fully saturated rings. The number of aryl methyl sites for hydroxylation is 1. The van der Waals surface area contributed by atoms with Gasteiger partial charge in [-0.1, -0.05) is 62.0 Å². The number of nitrogens with zero attached hydrogens (tertiary/aromatic N) is 5. The topological polar surface area (TPSA) is 84.6 Å². The molecule has 6 rings (SSSR count). The van der Waals surface area contributed by atoms with Crippen LogP contribution in [0.1, 0.15) is 55.7 Å². The van der Waals surface area contributed by atoms with Gasteiger partial charge in [-0.25, -0.2) is 14.5 Å². The molecular formula is C34H33F3N6O2S. The van der Waals surface area contributed by atoms with E-state index in [-0.39, 0.29) is 11.8 Å². The van der Waals surface area contributed by atoms with Crippen molar-refractivity contribution in [2.24, 2.45) is 4.99 Å². The number of alkyl halides is 3. The molecule has 0 saturated carbocycles. The summed E-state index contributed by atoms with van der Waals surface area (Å²) in [5.41, 5.74) is 7.91. The van der Waals surface area contributed by atoms with Gasteiger partial charge in [0.15, 0.2) is 11.0 Å². The molecule has 1 saturated heterocycles. The van der Waals surface area contributed by atoms with Crippen LogP contribution < -0.4 is 15.0 Å². The molecule has 238 valence electrons. The van der Waals surface area contributed by atoms with Crippen molar-refractivity contribution in [3.05, 3.63) is 95.4 Å². The number of carbonyl (C=O) groups excluding carboxylic acids is 1. The molecule has 46 heavy (non-hydrogen) atoms. The van der Waals surface area contributed by atoms with Gasteiger partial charge in [0.1, 0.15) is 12.1 Å². The van der Waals surface area contributed by atoms with E-state index in [1.54, 1.807) is 11.8 Å². The molecule has 4 aromatic rings. The number of allylic oxidation sites excluding steroid dienone is 2. The van der Waals surface area contributed by atoms with E-state index in [2.05, 4.69) is 69.0 Å². The smallest absolute Gasteiger partial charge is 0.406 e. The van der Waals surface area contributed by atoms with E-state index >= 15 is 0 Å². The third-order valence-electron chi connectivity index (χ3n) is 7.94. The molecule has 0 bridgehead atoms. The van der Waals surface area contributed by atoms with Crippen LogP contribution in [0.3, 0.4) is 0 Å². The minimum Gasteiger partial charge on any atom is -0.406 e. The number of hydrogen-bond donors (Lipinski definition) is 1. The number of benzene rings is 3. The van der Waals surface area contributed by atoms with Crippen molar-refractivity contribution in [1.82, 2.24) is 20.1 Å². The summed E-state index contributed by atoms with van der Waals surface area (Å²) in [4.78, 5) is 24.2. The lowest BCUT2D eigenvalue weighted by molar-refractivity contribution is -0.274. The number of hydrogen-bond acceptors (Lipinski definition) is 5. The van der Waals surface area contributed by atoms with E-state index in [1.165, 1.54) is 46.4 Å². The van der Waals surface area contributed by atoms with Gasteiger partial charge in [0.2, 0.25) is 0 Å². The van der Waals surface area contributed by atoms with Gasteiger partial charge in [0.25, 0.3) is 0 Å². The summed E-state index contributed by atoms with van der Waals surface area (Å²) in [6.45, 7) is 7.30. The molecule has 1 aromatic heterocycles. The van der Waals surface area contributed by atoms with Crippen molar-refractivity contribution in [3.8, 4) is 22.8 Å². The third-order valence-corrected chi connectivity index (χ3v) is 8.89. The van der Waals surface area contributed by atoms with Gasteiger partial charge in [-0.05, 0) is 84.7 Å². The number of urea groups is 1. The maximum absolute atomic E-state index is 13.2. The van der Waals surface area contributed by atoms with Crippen molar-refractivity contribution >= 4 is 34.2 Å². The number of anilines is 1. The van der Waals surface area contributed by atoms with Crippen LogP contribution in [0.5, 0.6) is 5.75 Å². The van der Waals surface area contributed by atoms with Gasteiger partial charge in [-0.3, -0.25) is 0 Å². The Bertz CT molecular complexity index is 1800. The van der Waals surface area contributed by atoms with Crippen molar-refractivity contribution in [2.75, 3.05) is 17.2 Å². The van der Waals surface area contributed by atoms with E-state index in [1.807, 2.05) is 24.3 Å². The number of halogens is 3. The van der Waals surface area contributed by atoms with Crippen molar-refractivity contribution < 1.29 is 22.7 Å². The molecule has 2 amide bonds. The summed E-state index contributed by atoms with van der Waals surface area (Å²) in [7, 11) is 0. The first kappa shape index (κ1) is 31.4. The van der Waals surface area contributed by atoms with Crippen LogP contribution in [0, 0.1) is 6.92 Å². The molecule has 0 atom stereocenters. The molecule has 3 aromatic carbocycles. The summed E-state index contributed by atoms with van der Waals surface area (Å²) >= 11 is 1.60. The number of amides is 2. The van der Waals surface area contributed by atoms with Gasteiger partial charge in [0.05, 0.1) is 5.69 Å². The predicted molar refractivity (Wildman–Crippen MR) is 175 cm³/mol. The van der Waals surface area contributed by atoms with E-state index in [0.717, 1.165) is 59.6 Å². The lowest BCUT2D eigenvalue weighted by Gasteiger charge is -2.24. The van der Waals surface area contributed by atoms with Crippen LogP contribution in [0.15, 0.2) is 83.7 Å². The molecule has 0 spiro atoms. The van der Waals surface area contributed by atoms with E-state index in [0.29, 0.717) is 22.6 Å². The first-order chi connectivity index (χ1) is 22.1. The lowest BCUT2D eigenvalue weighted by Crippen LogP contribution is -2.28. The van der Waals surface area contributed by atoms with Crippen molar-refractivity contribution in [3.63, 3.8) is 0 Å². The summed E-state index contributed by atoms with van der Waals surface area (Å²) < 4.78 is 42.8. The first-order valence-corrected chi connectivity index (χ1v) is 16.0. The van der Waals surface area contributed by atoms with Crippen LogP contribution in [0.25, 0.3) is 22.6 Å². The Morgan fingerprint density at radius 2 is 1.76 bits per heavy atom. The Kier molecular flexibility index (Phi) is 8.90. The van der Waals surface area contributed by atoms with Crippen LogP contribution in [0.2, 0.25) is 0 Å². The number of thioether (sulfide) groups is 1. The highest BCUT2D eigenvalue weighted by molar-refractivity contribution is 8.14. The molecule has 12 heteroatoms. The summed E-state index contributed by atoms with van der Waals surface area (Å²) in [5.74, 6) is 1.38. The number of rotatable bonds is 7. The highest BCUT2D eigenvalue weighted by atomic mass is 32.2. The molecule has 2 aliphatic rings. The SMILES string of the molecule is Cc1cccc(N2CCSC2=NC(=O)NC2=C(c3ccc(-c4ncn(-c5ccc(OC(F)(F)F)cc5)n4)cc3)CCC2)c1C(C)C. The summed E-state index contributed by atoms with van der Waals surface area (Å²) in [6, 6.07) is 19.1. The van der Waals surface area contributed by atoms with Crippen LogP contribution in [-0.2, 0) is 0 Å². The summed E-state index contributed by atoms with van der Waals surface area (Å²) in [6.07, 6.45) is -0.708. The van der Waals surface area contributed by atoms with E-state index in [9.17, 15) is 18.0 Å². The Hall–Kier alpha value is -4.58. The molecule has 2 heterocycles. The number of aliphatic imine (C=N–C) groups is 1. The number of ether oxygens (including phenoxy) is 1. The van der Waals surface area contributed by atoms with Gasteiger partial charge in [0, 0.05) is 29.2 Å². The molecule has 0 radical (unpaired) electrons. The third kappa shape index (κ3) is 6.96. The molecule has 0 unspecified atom stereocenters. The largest absolute Gasteiger partial charge is 0.573 e. The van der Waals surface area contributed by atoms with Gasteiger partial charge in [-0.15, -0.1) is 18.3 Å². The van der Waals surface area contributed by atoms with Gasteiger partial charge >= 0.3 is 12.4 Å². The Morgan fingerprint density at radius 3 is 2.48 bits per heavy atom. The zero-order valence-corrected chi connectivity index (χ0v) is 26.5. The van der Waals surface area contributed by atoms with E-state index < -0.39 is 6.36 Å². The maximum atomic E-state index is 13.2.